The number of amides is 1. The molecule has 1 amide bonds. The highest BCUT2D eigenvalue weighted by atomic mass is 35.5. The van der Waals surface area contributed by atoms with Crippen molar-refractivity contribution in [2.45, 2.75) is 24.8 Å². The fraction of sp³-hybridized carbons (Fsp3) is 0.138. The number of hydrogen-bond acceptors (Lipinski definition) is 3. The van der Waals surface area contributed by atoms with E-state index in [-0.39, 0.29) is 4.90 Å². The Hall–Kier alpha value is -3.61. The van der Waals surface area contributed by atoms with Crippen LogP contribution in [0, 0.1) is 13.8 Å². The van der Waals surface area contributed by atoms with E-state index in [1.807, 2.05) is 67.6 Å². The van der Waals surface area contributed by atoms with Gasteiger partial charge >= 0.3 is 0 Å². The lowest BCUT2D eigenvalue weighted by atomic mass is 9.99. The van der Waals surface area contributed by atoms with E-state index in [2.05, 4.69) is 5.32 Å². The summed E-state index contributed by atoms with van der Waals surface area (Å²) in [5.41, 5.74) is 3.65. The Balaban J connectivity index is 1.72. The molecule has 0 spiro atoms. The van der Waals surface area contributed by atoms with Crippen molar-refractivity contribution in [2.75, 3.05) is 10.8 Å². The summed E-state index contributed by atoms with van der Waals surface area (Å²) in [6.45, 7) is 3.22. The van der Waals surface area contributed by atoms with Gasteiger partial charge in [0.05, 0.1) is 16.6 Å². The molecule has 0 aliphatic carbocycles. The van der Waals surface area contributed by atoms with Crippen LogP contribution in [0.2, 0.25) is 5.02 Å². The summed E-state index contributed by atoms with van der Waals surface area (Å²) < 4.78 is 28.7. The van der Waals surface area contributed by atoms with Gasteiger partial charge in [0.25, 0.3) is 10.0 Å². The minimum Gasteiger partial charge on any atom is -0.344 e. The van der Waals surface area contributed by atoms with Gasteiger partial charge in [0.2, 0.25) is 5.91 Å². The minimum absolute atomic E-state index is 0.0999. The predicted molar refractivity (Wildman–Crippen MR) is 145 cm³/mol. The number of benzene rings is 4. The molecule has 1 N–H and O–H groups in total. The number of carbonyl (C=O) groups is 1. The van der Waals surface area contributed by atoms with Crippen molar-refractivity contribution in [3.05, 3.63) is 130 Å². The topological polar surface area (TPSA) is 66.5 Å². The number of hydrogen-bond donors (Lipinski definition) is 1. The van der Waals surface area contributed by atoms with Crippen LogP contribution in [0.15, 0.2) is 108 Å². The number of carbonyl (C=O) groups excluding carboxylic acids is 1. The van der Waals surface area contributed by atoms with E-state index in [4.69, 9.17) is 11.6 Å². The third kappa shape index (κ3) is 5.61. The van der Waals surface area contributed by atoms with E-state index in [1.54, 1.807) is 49.4 Å². The maximum absolute atomic E-state index is 13.8. The molecule has 36 heavy (non-hydrogen) atoms. The number of nitrogens with one attached hydrogen (secondary N) is 1. The Morgan fingerprint density at radius 2 is 1.36 bits per heavy atom. The van der Waals surface area contributed by atoms with Crippen LogP contribution in [0.25, 0.3) is 0 Å². The molecule has 0 unspecified atom stereocenters. The number of aryl methyl sites for hydroxylation is 1. The Morgan fingerprint density at radius 3 is 1.92 bits per heavy atom. The summed E-state index contributed by atoms with van der Waals surface area (Å²) in [6.07, 6.45) is 0. The van der Waals surface area contributed by atoms with Crippen LogP contribution in [0.3, 0.4) is 0 Å². The SMILES string of the molecule is Cc1ccc(S(=O)(=O)N(CC(=O)NC(c2ccccc2)c2ccccc2)c2cccc(Cl)c2C)cc1. The second kappa shape index (κ2) is 11.0. The summed E-state index contributed by atoms with van der Waals surface area (Å²) >= 11 is 6.33. The van der Waals surface area contributed by atoms with E-state index in [9.17, 15) is 13.2 Å². The first-order valence-corrected chi connectivity index (χ1v) is 13.3. The molecule has 184 valence electrons. The Kier molecular flexibility index (Phi) is 7.77. The smallest absolute Gasteiger partial charge is 0.264 e. The average molecular weight is 519 g/mol. The van der Waals surface area contributed by atoms with Crippen LogP contribution in [0.4, 0.5) is 5.69 Å². The molecule has 7 heteroatoms. The van der Waals surface area contributed by atoms with Crippen molar-refractivity contribution in [3.63, 3.8) is 0 Å². The standard InChI is InChI=1S/C29H27ClN2O3S/c1-21-16-18-25(19-17-21)36(34,35)32(27-15-9-14-26(30)22(27)2)20-28(33)31-29(23-10-5-3-6-11-23)24-12-7-4-8-13-24/h3-19,29H,20H2,1-2H3,(H,31,33). The van der Waals surface area contributed by atoms with Crippen molar-refractivity contribution in [3.8, 4) is 0 Å². The molecule has 0 aromatic heterocycles. The van der Waals surface area contributed by atoms with Crippen LogP contribution in [-0.2, 0) is 14.8 Å². The largest absolute Gasteiger partial charge is 0.344 e. The van der Waals surface area contributed by atoms with Gasteiger partial charge in [-0.3, -0.25) is 9.10 Å². The lowest BCUT2D eigenvalue weighted by molar-refractivity contribution is -0.120. The van der Waals surface area contributed by atoms with Crippen molar-refractivity contribution < 1.29 is 13.2 Å². The number of anilines is 1. The zero-order valence-electron chi connectivity index (χ0n) is 20.1. The number of sulfonamides is 1. The quantitative estimate of drug-likeness (QED) is 0.308. The Labute approximate surface area is 217 Å². The maximum atomic E-state index is 13.8. The van der Waals surface area contributed by atoms with E-state index in [1.165, 1.54) is 0 Å². The maximum Gasteiger partial charge on any atom is 0.264 e. The first-order chi connectivity index (χ1) is 17.3. The lowest BCUT2D eigenvalue weighted by Gasteiger charge is -2.27. The zero-order valence-corrected chi connectivity index (χ0v) is 21.6. The normalized spacial score (nSPS) is 11.3. The molecule has 0 atom stereocenters. The fourth-order valence-corrected chi connectivity index (χ4v) is 5.64. The second-order valence-electron chi connectivity index (χ2n) is 8.53. The second-order valence-corrected chi connectivity index (χ2v) is 10.8. The zero-order chi connectivity index (χ0) is 25.7. The molecule has 4 rings (SSSR count). The highest BCUT2D eigenvalue weighted by Crippen LogP contribution is 2.31. The van der Waals surface area contributed by atoms with Gasteiger partial charge in [-0.05, 0) is 54.8 Å². The lowest BCUT2D eigenvalue weighted by Crippen LogP contribution is -2.42. The van der Waals surface area contributed by atoms with Crippen molar-refractivity contribution in [1.29, 1.82) is 0 Å². The highest BCUT2D eigenvalue weighted by Gasteiger charge is 2.29. The molecule has 0 saturated carbocycles. The molecule has 0 radical (unpaired) electrons. The van der Waals surface area contributed by atoms with Crippen molar-refractivity contribution in [2.24, 2.45) is 0 Å². The molecule has 0 bridgehead atoms. The highest BCUT2D eigenvalue weighted by molar-refractivity contribution is 7.92. The van der Waals surface area contributed by atoms with Gasteiger partial charge in [-0.15, -0.1) is 0 Å². The fourth-order valence-electron chi connectivity index (χ4n) is 3.99. The number of nitrogens with zero attached hydrogens (tertiary/aromatic N) is 1. The van der Waals surface area contributed by atoms with Crippen LogP contribution in [0.5, 0.6) is 0 Å². The minimum atomic E-state index is -4.06. The van der Waals surface area contributed by atoms with Gasteiger partial charge in [0.1, 0.15) is 6.54 Å². The number of halogens is 1. The molecule has 0 aliphatic heterocycles. The monoisotopic (exact) mass is 518 g/mol. The van der Waals surface area contributed by atoms with E-state index in [0.717, 1.165) is 21.0 Å². The van der Waals surface area contributed by atoms with Gasteiger partial charge in [-0.25, -0.2) is 8.42 Å². The van der Waals surface area contributed by atoms with Crippen LogP contribution >= 0.6 is 11.6 Å². The predicted octanol–water partition coefficient (Wildman–Crippen LogP) is 6.06. The molecule has 0 saturated heterocycles. The Morgan fingerprint density at radius 1 is 0.806 bits per heavy atom. The molecular weight excluding hydrogens is 492 g/mol. The van der Waals surface area contributed by atoms with Crippen LogP contribution < -0.4 is 9.62 Å². The molecule has 0 fully saturated rings. The number of rotatable bonds is 8. The summed E-state index contributed by atoms with van der Waals surface area (Å²) in [7, 11) is -4.06. The van der Waals surface area contributed by atoms with Gasteiger partial charge in [0, 0.05) is 5.02 Å². The summed E-state index contributed by atoms with van der Waals surface area (Å²) in [5, 5.41) is 3.46. The van der Waals surface area contributed by atoms with E-state index < -0.39 is 28.5 Å². The van der Waals surface area contributed by atoms with E-state index in [0.29, 0.717) is 16.3 Å². The molecule has 4 aromatic rings. The molecule has 5 nitrogen and oxygen atoms in total. The molecular formula is C29H27ClN2O3S. The van der Waals surface area contributed by atoms with Gasteiger partial charge in [0.15, 0.2) is 0 Å². The van der Waals surface area contributed by atoms with Crippen LogP contribution in [0.1, 0.15) is 28.3 Å². The molecule has 4 aromatic carbocycles. The van der Waals surface area contributed by atoms with E-state index >= 15 is 0 Å². The first kappa shape index (κ1) is 25.5. The van der Waals surface area contributed by atoms with Crippen molar-refractivity contribution in [1.82, 2.24) is 5.32 Å². The summed E-state index contributed by atoms with van der Waals surface area (Å²) in [5.74, 6) is -0.442. The van der Waals surface area contributed by atoms with Gasteiger partial charge in [-0.2, -0.15) is 0 Å². The third-order valence-electron chi connectivity index (χ3n) is 5.98. The Bertz CT molecular complexity index is 1400. The van der Waals surface area contributed by atoms with Crippen molar-refractivity contribution >= 4 is 33.2 Å². The first-order valence-electron chi connectivity index (χ1n) is 11.5. The summed E-state index contributed by atoms with van der Waals surface area (Å²) in [6, 6.07) is 30.3. The van der Waals surface area contributed by atoms with Gasteiger partial charge < -0.3 is 5.32 Å². The average Bonchev–Trinajstić information content (AvgIpc) is 2.89. The molecule has 0 aliphatic rings. The summed E-state index contributed by atoms with van der Waals surface area (Å²) in [4.78, 5) is 13.6. The van der Waals surface area contributed by atoms with Gasteiger partial charge in [-0.1, -0.05) is 96.0 Å². The van der Waals surface area contributed by atoms with Crippen LogP contribution in [-0.4, -0.2) is 20.9 Å². The third-order valence-corrected chi connectivity index (χ3v) is 8.16. The molecule has 0 heterocycles.